The van der Waals surface area contributed by atoms with Gasteiger partial charge in [0.2, 0.25) is 5.91 Å². The van der Waals surface area contributed by atoms with E-state index in [2.05, 4.69) is 28.8 Å². The van der Waals surface area contributed by atoms with Crippen LogP contribution >= 0.6 is 12.4 Å². The van der Waals surface area contributed by atoms with Gasteiger partial charge in [-0.3, -0.25) is 4.79 Å². The second kappa shape index (κ2) is 6.62. The standard InChI is InChI=1S/C13H18N2O.ClH/c1-14-9-13(16)15-12-8-4-6-10-5-2-3-7-11(10)12;/h2-3,5,7,12,14H,4,6,8-9H2,1H3,(H,15,16);1H. The molecular formula is C13H19ClN2O. The van der Waals surface area contributed by atoms with Gasteiger partial charge < -0.3 is 10.6 Å². The van der Waals surface area contributed by atoms with E-state index in [0.29, 0.717) is 6.54 Å². The summed E-state index contributed by atoms with van der Waals surface area (Å²) in [5.41, 5.74) is 2.67. The van der Waals surface area contributed by atoms with Crippen molar-refractivity contribution in [3.63, 3.8) is 0 Å². The Morgan fingerprint density at radius 1 is 1.41 bits per heavy atom. The molecule has 1 aromatic rings. The van der Waals surface area contributed by atoms with Gasteiger partial charge in [-0.05, 0) is 37.4 Å². The fourth-order valence-corrected chi connectivity index (χ4v) is 2.31. The van der Waals surface area contributed by atoms with Gasteiger partial charge >= 0.3 is 0 Å². The van der Waals surface area contributed by atoms with E-state index in [9.17, 15) is 4.79 Å². The summed E-state index contributed by atoms with van der Waals surface area (Å²) in [6.07, 6.45) is 3.34. The first-order valence-corrected chi connectivity index (χ1v) is 5.83. The van der Waals surface area contributed by atoms with Crippen LogP contribution in [0.25, 0.3) is 0 Å². The molecule has 0 saturated carbocycles. The summed E-state index contributed by atoms with van der Waals surface area (Å²) in [4.78, 5) is 11.5. The largest absolute Gasteiger partial charge is 0.348 e. The minimum absolute atomic E-state index is 0. The summed E-state index contributed by atoms with van der Waals surface area (Å²) in [6.45, 7) is 0.388. The number of likely N-dealkylation sites (N-methyl/N-ethyl adjacent to an activating group) is 1. The Bertz CT molecular complexity index is 381. The molecule has 0 radical (unpaired) electrons. The first-order valence-electron chi connectivity index (χ1n) is 5.83. The lowest BCUT2D eigenvalue weighted by Gasteiger charge is -2.26. The molecule has 17 heavy (non-hydrogen) atoms. The van der Waals surface area contributed by atoms with Crippen LogP contribution in [0.2, 0.25) is 0 Å². The van der Waals surface area contributed by atoms with E-state index in [1.165, 1.54) is 11.1 Å². The maximum absolute atomic E-state index is 11.5. The van der Waals surface area contributed by atoms with Crippen LogP contribution in [0.4, 0.5) is 0 Å². The highest BCUT2D eigenvalue weighted by molar-refractivity contribution is 5.85. The first kappa shape index (κ1) is 14.0. The zero-order chi connectivity index (χ0) is 11.4. The van der Waals surface area contributed by atoms with Crippen LogP contribution in [0, 0.1) is 0 Å². The van der Waals surface area contributed by atoms with Gasteiger partial charge in [0.15, 0.2) is 0 Å². The Morgan fingerprint density at radius 2 is 2.18 bits per heavy atom. The summed E-state index contributed by atoms with van der Waals surface area (Å²) in [5, 5.41) is 5.94. The summed E-state index contributed by atoms with van der Waals surface area (Å²) in [7, 11) is 1.79. The average molecular weight is 255 g/mol. The number of benzene rings is 1. The Labute approximate surface area is 108 Å². The Kier molecular flexibility index (Phi) is 5.45. The third-order valence-corrected chi connectivity index (χ3v) is 3.04. The summed E-state index contributed by atoms with van der Waals surface area (Å²) in [5.74, 6) is 0.0733. The molecule has 2 rings (SSSR count). The van der Waals surface area contributed by atoms with Crippen molar-refractivity contribution in [2.24, 2.45) is 0 Å². The van der Waals surface area contributed by atoms with Crippen LogP contribution in [0.5, 0.6) is 0 Å². The molecular weight excluding hydrogens is 236 g/mol. The van der Waals surface area contributed by atoms with E-state index in [4.69, 9.17) is 0 Å². The topological polar surface area (TPSA) is 41.1 Å². The van der Waals surface area contributed by atoms with Crippen molar-refractivity contribution in [2.75, 3.05) is 13.6 Å². The summed E-state index contributed by atoms with van der Waals surface area (Å²) >= 11 is 0. The molecule has 1 unspecified atom stereocenters. The lowest BCUT2D eigenvalue weighted by molar-refractivity contribution is -0.121. The highest BCUT2D eigenvalue weighted by atomic mass is 35.5. The van der Waals surface area contributed by atoms with Gasteiger partial charge in [-0.1, -0.05) is 24.3 Å². The number of nitrogens with one attached hydrogen (secondary N) is 2. The second-order valence-corrected chi connectivity index (χ2v) is 4.24. The van der Waals surface area contributed by atoms with Gasteiger partial charge in [-0.2, -0.15) is 0 Å². The molecule has 2 N–H and O–H groups in total. The van der Waals surface area contributed by atoms with Crippen molar-refractivity contribution in [2.45, 2.75) is 25.3 Å². The molecule has 0 fully saturated rings. The fraction of sp³-hybridized carbons (Fsp3) is 0.462. The molecule has 4 heteroatoms. The number of rotatable bonds is 3. The van der Waals surface area contributed by atoms with Crippen LogP contribution in [-0.2, 0) is 11.2 Å². The molecule has 0 saturated heterocycles. The van der Waals surface area contributed by atoms with Crippen molar-refractivity contribution in [1.82, 2.24) is 10.6 Å². The van der Waals surface area contributed by atoms with Gasteiger partial charge in [-0.25, -0.2) is 0 Å². The highest BCUT2D eigenvalue weighted by Gasteiger charge is 2.20. The fourth-order valence-electron chi connectivity index (χ4n) is 2.31. The number of carbonyl (C=O) groups excluding carboxylic acids is 1. The Hall–Kier alpha value is -1.06. The molecule has 3 nitrogen and oxygen atoms in total. The van der Waals surface area contributed by atoms with Gasteiger partial charge in [0, 0.05) is 0 Å². The molecule has 1 aromatic carbocycles. The number of fused-ring (bicyclic) bond motifs is 1. The molecule has 0 spiro atoms. The lowest BCUT2D eigenvalue weighted by atomic mass is 9.88. The normalized spacial score (nSPS) is 17.8. The molecule has 1 aliphatic rings. The van der Waals surface area contributed by atoms with Gasteiger partial charge in [0.05, 0.1) is 12.6 Å². The van der Waals surface area contributed by atoms with Crippen LogP contribution in [-0.4, -0.2) is 19.5 Å². The lowest BCUT2D eigenvalue weighted by Crippen LogP contribution is -2.36. The first-order chi connectivity index (χ1) is 7.81. The number of hydrogen-bond donors (Lipinski definition) is 2. The van der Waals surface area contributed by atoms with Crippen molar-refractivity contribution < 1.29 is 4.79 Å². The van der Waals surface area contributed by atoms with E-state index in [-0.39, 0.29) is 24.4 Å². The Morgan fingerprint density at radius 3 is 2.94 bits per heavy atom. The number of amides is 1. The van der Waals surface area contributed by atoms with E-state index >= 15 is 0 Å². The number of carbonyl (C=O) groups is 1. The van der Waals surface area contributed by atoms with E-state index in [0.717, 1.165) is 19.3 Å². The highest BCUT2D eigenvalue weighted by Crippen LogP contribution is 2.29. The van der Waals surface area contributed by atoms with Crippen LogP contribution in [0.3, 0.4) is 0 Å². The molecule has 0 heterocycles. The maximum Gasteiger partial charge on any atom is 0.234 e. The van der Waals surface area contributed by atoms with Crippen molar-refractivity contribution >= 4 is 18.3 Å². The quantitative estimate of drug-likeness (QED) is 0.864. The SMILES string of the molecule is CNCC(=O)NC1CCCc2ccccc21.Cl. The van der Waals surface area contributed by atoms with Gasteiger partial charge in [-0.15, -0.1) is 12.4 Å². The number of aryl methyl sites for hydroxylation is 1. The number of hydrogen-bond acceptors (Lipinski definition) is 2. The third kappa shape index (κ3) is 3.45. The molecule has 0 aliphatic heterocycles. The van der Waals surface area contributed by atoms with E-state index < -0.39 is 0 Å². The van der Waals surface area contributed by atoms with Crippen molar-refractivity contribution in [3.05, 3.63) is 35.4 Å². The zero-order valence-electron chi connectivity index (χ0n) is 10.0. The molecule has 0 aromatic heterocycles. The average Bonchev–Trinajstić information content (AvgIpc) is 2.30. The molecule has 1 amide bonds. The molecule has 1 atom stereocenters. The molecule has 94 valence electrons. The molecule has 0 bridgehead atoms. The predicted octanol–water partition coefficient (Wildman–Crippen LogP) is 1.82. The third-order valence-electron chi connectivity index (χ3n) is 3.04. The second-order valence-electron chi connectivity index (χ2n) is 4.24. The monoisotopic (exact) mass is 254 g/mol. The van der Waals surface area contributed by atoms with Crippen molar-refractivity contribution in [1.29, 1.82) is 0 Å². The predicted molar refractivity (Wildman–Crippen MR) is 71.4 cm³/mol. The summed E-state index contributed by atoms with van der Waals surface area (Å²) < 4.78 is 0. The van der Waals surface area contributed by atoms with E-state index in [1.54, 1.807) is 7.05 Å². The van der Waals surface area contributed by atoms with Gasteiger partial charge in [0.1, 0.15) is 0 Å². The van der Waals surface area contributed by atoms with Crippen LogP contribution in [0.15, 0.2) is 24.3 Å². The minimum Gasteiger partial charge on any atom is -0.348 e. The minimum atomic E-state index is 0. The van der Waals surface area contributed by atoms with Gasteiger partial charge in [0.25, 0.3) is 0 Å². The van der Waals surface area contributed by atoms with E-state index in [1.807, 2.05) is 6.07 Å². The Balaban J connectivity index is 0.00000144. The van der Waals surface area contributed by atoms with Crippen LogP contribution < -0.4 is 10.6 Å². The van der Waals surface area contributed by atoms with Crippen molar-refractivity contribution in [3.8, 4) is 0 Å². The molecule has 1 aliphatic carbocycles. The smallest absolute Gasteiger partial charge is 0.234 e. The van der Waals surface area contributed by atoms with Crippen LogP contribution in [0.1, 0.15) is 30.0 Å². The number of halogens is 1. The zero-order valence-corrected chi connectivity index (χ0v) is 10.8. The maximum atomic E-state index is 11.5. The summed E-state index contributed by atoms with van der Waals surface area (Å²) in [6, 6.07) is 8.59.